The zero-order valence-corrected chi connectivity index (χ0v) is 25.5. The summed E-state index contributed by atoms with van der Waals surface area (Å²) in [6.07, 6.45) is 4.15. The number of benzene rings is 1. The normalized spacial score (nSPS) is 17.4. The molecule has 0 aromatic heterocycles. The summed E-state index contributed by atoms with van der Waals surface area (Å²) in [5, 5.41) is 10.9. The van der Waals surface area contributed by atoms with Crippen molar-refractivity contribution >= 4 is 49.3 Å². The first-order valence-electron chi connectivity index (χ1n) is 15.1. The van der Waals surface area contributed by atoms with Crippen LogP contribution in [0.5, 0.6) is 0 Å². The first kappa shape index (κ1) is 34.6. The second-order valence-electron chi connectivity index (χ2n) is 12.1. The number of carbonyl (C=O) groups is 6. The van der Waals surface area contributed by atoms with Crippen LogP contribution in [0.15, 0.2) is 24.3 Å². The molecular formula is C30H43BN6O7. The quantitative estimate of drug-likeness (QED) is 0.0763. The molecule has 2 aliphatic rings. The molecule has 1 aromatic rings. The lowest BCUT2D eigenvalue weighted by Gasteiger charge is -2.39. The summed E-state index contributed by atoms with van der Waals surface area (Å²) in [6.45, 7) is 4.66. The van der Waals surface area contributed by atoms with E-state index < -0.39 is 34.7 Å². The van der Waals surface area contributed by atoms with Gasteiger partial charge in [-0.3, -0.25) is 28.9 Å². The van der Waals surface area contributed by atoms with Crippen LogP contribution in [0.4, 0.5) is 10.5 Å². The molecule has 0 bridgehead atoms. The van der Waals surface area contributed by atoms with Gasteiger partial charge >= 0.3 is 6.03 Å². The number of hydrogen-bond donors (Lipinski definition) is 5. The Hall–Kier alpha value is -3.94. The number of nitrogens with zero attached hydrogens (tertiary/aromatic N) is 1. The summed E-state index contributed by atoms with van der Waals surface area (Å²) in [5.41, 5.74) is 4.52. The van der Waals surface area contributed by atoms with E-state index >= 15 is 0 Å². The van der Waals surface area contributed by atoms with Gasteiger partial charge in [-0.1, -0.05) is 32.4 Å². The summed E-state index contributed by atoms with van der Waals surface area (Å²) in [6, 6.07) is 5.20. The molecule has 1 saturated carbocycles. The number of rotatable bonds is 17. The Kier molecular flexibility index (Phi) is 12.3. The van der Waals surface area contributed by atoms with Crippen molar-refractivity contribution in [1.82, 2.24) is 20.9 Å². The third-order valence-electron chi connectivity index (χ3n) is 8.20. The molecule has 0 unspecified atom stereocenters. The highest BCUT2D eigenvalue weighted by atomic mass is 16.4. The van der Waals surface area contributed by atoms with Crippen molar-refractivity contribution in [2.75, 3.05) is 25.0 Å². The minimum Gasteiger partial charge on any atom is -0.444 e. The fraction of sp³-hybridized carbons (Fsp3) is 0.600. The molecule has 238 valence electrons. The van der Waals surface area contributed by atoms with Crippen molar-refractivity contribution in [3.05, 3.63) is 29.8 Å². The number of amides is 7. The Morgan fingerprint density at radius 3 is 2.23 bits per heavy atom. The maximum atomic E-state index is 13.5. The molecule has 0 spiro atoms. The zero-order valence-electron chi connectivity index (χ0n) is 25.5. The van der Waals surface area contributed by atoms with Crippen molar-refractivity contribution in [1.29, 1.82) is 0 Å². The highest BCUT2D eigenvalue weighted by Gasteiger charge is 2.51. The average Bonchev–Trinajstić information content (AvgIpc) is 3.13. The minimum absolute atomic E-state index is 0.152. The van der Waals surface area contributed by atoms with Gasteiger partial charge in [-0.25, -0.2) is 4.79 Å². The monoisotopic (exact) mass is 610 g/mol. The number of likely N-dealkylation sites (tertiary alicyclic amines) is 1. The molecule has 1 aliphatic carbocycles. The maximum absolute atomic E-state index is 13.5. The number of anilines is 1. The Morgan fingerprint density at radius 1 is 0.977 bits per heavy atom. The van der Waals surface area contributed by atoms with E-state index in [1.807, 2.05) is 0 Å². The first-order valence-corrected chi connectivity index (χ1v) is 15.1. The average molecular weight is 611 g/mol. The van der Waals surface area contributed by atoms with Crippen molar-refractivity contribution in [2.24, 2.45) is 16.6 Å². The fourth-order valence-electron chi connectivity index (χ4n) is 5.38. The molecule has 7 amide bonds. The Labute approximate surface area is 259 Å². The van der Waals surface area contributed by atoms with Crippen LogP contribution in [-0.2, 0) is 35.2 Å². The molecule has 1 heterocycles. The molecule has 1 aliphatic heterocycles. The summed E-state index contributed by atoms with van der Waals surface area (Å²) >= 11 is 0. The van der Waals surface area contributed by atoms with Crippen molar-refractivity contribution in [3.63, 3.8) is 0 Å². The molecule has 2 fully saturated rings. The highest BCUT2D eigenvalue weighted by molar-refractivity contribution is 6.08. The standard InChI is InChI=1S/C30H43BN6O7/c1-29(2)18-23(38)37(27(29)42)17-5-3-4-15-33-25(40)30(13-7-14-30)26(41)36-22(8-6-16-34-28(32)43)24(39)35-21-11-9-20(10-12-21)19-44-31/h9-12,22H,3-8,13-19H2,1-2H3,(H,33,40)(H,35,39)(H,36,41)(H3,32,34,43)/t22-/m0/s1. The molecular weight excluding hydrogens is 567 g/mol. The van der Waals surface area contributed by atoms with Gasteiger partial charge < -0.3 is 31.7 Å². The molecule has 1 aromatic carbocycles. The number of carbonyl (C=O) groups excluding carboxylic acids is 6. The van der Waals surface area contributed by atoms with E-state index in [0.29, 0.717) is 63.7 Å². The van der Waals surface area contributed by atoms with Crippen LogP contribution in [-0.4, -0.2) is 74.2 Å². The lowest BCUT2D eigenvalue weighted by atomic mass is 9.67. The predicted molar refractivity (Wildman–Crippen MR) is 163 cm³/mol. The highest BCUT2D eigenvalue weighted by Crippen LogP contribution is 2.41. The van der Waals surface area contributed by atoms with E-state index in [9.17, 15) is 28.8 Å². The topological polar surface area (TPSA) is 189 Å². The number of unbranched alkanes of at least 4 members (excludes halogenated alkanes) is 2. The lowest BCUT2D eigenvalue weighted by Crippen LogP contribution is -2.58. The number of nitrogens with one attached hydrogen (secondary N) is 4. The van der Waals surface area contributed by atoms with Crippen LogP contribution in [0, 0.1) is 10.8 Å². The number of imide groups is 1. The molecule has 1 saturated heterocycles. The van der Waals surface area contributed by atoms with Gasteiger partial charge in [-0.15, -0.1) is 0 Å². The van der Waals surface area contributed by atoms with Crippen molar-refractivity contribution in [3.8, 4) is 0 Å². The van der Waals surface area contributed by atoms with Crippen LogP contribution < -0.4 is 27.0 Å². The molecule has 14 heteroatoms. The first-order chi connectivity index (χ1) is 20.9. The summed E-state index contributed by atoms with van der Waals surface area (Å²) in [4.78, 5) is 76.7. The minimum atomic E-state index is -1.27. The number of hydrogen-bond acceptors (Lipinski definition) is 7. The summed E-state index contributed by atoms with van der Waals surface area (Å²) < 4.78 is 4.61. The van der Waals surface area contributed by atoms with Gasteiger partial charge in [0, 0.05) is 31.7 Å². The van der Waals surface area contributed by atoms with Gasteiger partial charge in [0.25, 0.3) is 8.05 Å². The van der Waals surface area contributed by atoms with Gasteiger partial charge in [0.2, 0.25) is 29.5 Å². The van der Waals surface area contributed by atoms with Gasteiger partial charge in [-0.2, -0.15) is 0 Å². The van der Waals surface area contributed by atoms with Crippen molar-refractivity contribution in [2.45, 2.75) is 84.3 Å². The van der Waals surface area contributed by atoms with Crippen molar-refractivity contribution < 1.29 is 33.4 Å². The van der Waals surface area contributed by atoms with Gasteiger partial charge in [0.15, 0.2) is 0 Å². The van der Waals surface area contributed by atoms with Crippen LogP contribution in [0.2, 0.25) is 0 Å². The van der Waals surface area contributed by atoms with E-state index in [0.717, 1.165) is 5.56 Å². The van der Waals surface area contributed by atoms with Gasteiger partial charge in [0.05, 0.1) is 12.0 Å². The van der Waals surface area contributed by atoms with Crippen LogP contribution in [0.1, 0.15) is 77.2 Å². The number of primary amides is 1. The summed E-state index contributed by atoms with van der Waals surface area (Å²) in [5.74, 6) is -1.68. The van der Waals surface area contributed by atoms with E-state index in [2.05, 4.69) is 25.9 Å². The molecule has 1 atom stereocenters. The van der Waals surface area contributed by atoms with E-state index in [1.165, 1.54) is 4.90 Å². The molecule has 6 N–H and O–H groups in total. The molecule has 44 heavy (non-hydrogen) atoms. The SMILES string of the molecule is [B]OCc1ccc(NC(=O)[C@H](CCCNC(N)=O)NC(=O)C2(C(=O)NCCCCCN3C(=O)CC(C)(C)C3=O)CCC2)cc1. The predicted octanol–water partition coefficient (Wildman–Crippen LogP) is 1.40. The Morgan fingerprint density at radius 2 is 1.66 bits per heavy atom. The van der Waals surface area contributed by atoms with E-state index in [-0.39, 0.29) is 43.7 Å². The second kappa shape index (κ2) is 15.7. The second-order valence-corrected chi connectivity index (χ2v) is 12.1. The number of urea groups is 1. The third kappa shape index (κ3) is 9.04. The summed E-state index contributed by atoms with van der Waals surface area (Å²) in [7, 11) is 5.10. The van der Waals surface area contributed by atoms with Gasteiger partial charge in [-0.05, 0) is 62.6 Å². The lowest BCUT2D eigenvalue weighted by molar-refractivity contribution is -0.151. The maximum Gasteiger partial charge on any atom is 0.312 e. The molecule has 3 rings (SSSR count). The van der Waals surface area contributed by atoms with Gasteiger partial charge in [0.1, 0.15) is 11.5 Å². The smallest absolute Gasteiger partial charge is 0.312 e. The fourth-order valence-corrected chi connectivity index (χ4v) is 5.38. The molecule has 13 nitrogen and oxygen atoms in total. The largest absolute Gasteiger partial charge is 0.444 e. The number of nitrogens with two attached hydrogens (primary N) is 1. The van der Waals surface area contributed by atoms with Crippen LogP contribution in [0.3, 0.4) is 0 Å². The zero-order chi connectivity index (χ0) is 32.3. The van der Waals surface area contributed by atoms with E-state index in [4.69, 9.17) is 13.8 Å². The van der Waals surface area contributed by atoms with Crippen LogP contribution in [0.25, 0.3) is 0 Å². The third-order valence-corrected chi connectivity index (χ3v) is 8.20. The molecule has 2 radical (unpaired) electrons. The Balaban J connectivity index is 1.52. The van der Waals surface area contributed by atoms with Crippen LogP contribution >= 0.6 is 0 Å². The van der Waals surface area contributed by atoms with E-state index in [1.54, 1.807) is 38.1 Å². The Bertz CT molecular complexity index is 1220.